The summed E-state index contributed by atoms with van der Waals surface area (Å²) in [7, 11) is 1.57. The van der Waals surface area contributed by atoms with Gasteiger partial charge in [-0.25, -0.2) is 4.79 Å². The fraction of sp³-hybridized carbons (Fsp3) is 0.500. The van der Waals surface area contributed by atoms with Gasteiger partial charge in [-0.1, -0.05) is 25.3 Å². The molecule has 0 unspecified atom stereocenters. The van der Waals surface area contributed by atoms with E-state index < -0.39 is 0 Å². The van der Waals surface area contributed by atoms with Crippen molar-refractivity contribution in [2.45, 2.75) is 38.1 Å². The summed E-state index contributed by atoms with van der Waals surface area (Å²) in [5.74, 6) is 0.396. The highest BCUT2D eigenvalue weighted by atomic mass is 16.5. The number of rotatable bonds is 5. The van der Waals surface area contributed by atoms with E-state index in [0.717, 1.165) is 25.7 Å². The van der Waals surface area contributed by atoms with Gasteiger partial charge in [0.1, 0.15) is 5.75 Å². The number of urea groups is 1. The van der Waals surface area contributed by atoms with Crippen LogP contribution in [0.25, 0.3) is 0 Å². The number of hydrogen-bond acceptors (Lipinski definition) is 3. The number of amides is 3. The molecule has 0 aromatic heterocycles. The summed E-state index contributed by atoms with van der Waals surface area (Å²) in [6.07, 6.45) is 5.58. The summed E-state index contributed by atoms with van der Waals surface area (Å²) in [4.78, 5) is 23.6. The Morgan fingerprint density at radius 2 is 2.00 bits per heavy atom. The highest BCUT2D eigenvalue weighted by Gasteiger charge is 2.15. The van der Waals surface area contributed by atoms with E-state index in [0.29, 0.717) is 11.4 Å². The van der Waals surface area contributed by atoms with Gasteiger partial charge in [0, 0.05) is 17.8 Å². The number of benzene rings is 1. The molecule has 1 fully saturated rings. The predicted octanol–water partition coefficient (Wildman–Crippen LogP) is 2.27. The minimum Gasteiger partial charge on any atom is -0.497 e. The van der Waals surface area contributed by atoms with Crippen molar-refractivity contribution in [1.29, 1.82) is 0 Å². The van der Waals surface area contributed by atoms with E-state index in [9.17, 15) is 9.59 Å². The Hall–Kier alpha value is -2.24. The molecule has 1 aliphatic rings. The fourth-order valence-corrected chi connectivity index (χ4v) is 2.55. The SMILES string of the molecule is COc1cccc(NC(=O)CNC(=O)NC2CCCCC2)c1. The third-order valence-electron chi connectivity index (χ3n) is 3.70. The summed E-state index contributed by atoms with van der Waals surface area (Å²) in [6.45, 7) is -0.0598. The lowest BCUT2D eigenvalue weighted by molar-refractivity contribution is -0.115. The van der Waals surface area contributed by atoms with E-state index in [1.165, 1.54) is 6.42 Å². The first kappa shape index (κ1) is 16.1. The summed E-state index contributed by atoms with van der Waals surface area (Å²) >= 11 is 0. The van der Waals surface area contributed by atoms with Gasteiger partial charge in [-0.2, -0.15) is 0 Å². The lowest BCUT2D eigenvalue weighted by Crippen LogP contribution is -2.45. The average molecular weight is 305 g/mol. The van der Waals surface area contributed by atoms with Crippen LogP contribution in [0.2, 0.25) is 0 Å². The van der Waals surface area contributed by atoms with E-state index in [2.05, 4.69) is 16.0 Å². The second-order valence-electron chi connectivity index (χ2n) is 5.44. The second kappa shape index (κ2) is 8.26. The van der Waals surface area contributed by atoms with Crippen LogP contribution in [0.15, 0.2) is 24.3 Å². The Balaban J connectivity index is 1.71. The zero-order valence-electron chi connectivity index (χ0n) is 12.9. The standard InChI is InChI=1S/C16H23N3O3/c1-22-14-9-5-8-13(10-14)18-15(20)11-17-16(21)19-12-6-3-2-4-7-12/h5,8-10,12H,2-4,6-7,11H2,1H3,(H,18,20)(H2,17,19,21). The normalized spacial score (nSPS) is 15.0. The third kappa shape index (κ3) is 5.27. The maximum Gasteiger partial charge on any atom is 0.315 e. The van der Waals surface area contributed by atoms with Gasteiger partial charge in [0.2, 0.25) is 5.91 Å². The molecule has 1 aromatic rings. The zero-order chi connectivity index (χ0) is 15.8. The van der Waals surface area contributed by atoms with Crippen LogP contribution in [-0.4, -0.2) is 31.6 Å². The summed E-state index contributed by atoms with van der Waals surface area (Å²) in [6, 6.07) is 7.02. The molecule has 2 rings (SSSR count). The maximum atomic E-state index is 11.8. The molecule has 0 aliphatic heterocycles. The molecule has 1 aromatic carbocycles. The van der Waals surface area contributed by atoms with E-state index in [1.54, 1.807) is 31.4 Å². The molecule has 3 amide bonds. The van der Waals surface area contributed by atoms with Crippen molar-refractivity contribution in [2.75, 3.05) is 19.0 Å². The van der Waals surface area contributed by atoms with Crippen molar-refractivity contribution in [3.05, 3.63) is 24.3 Å². The second-order valence-corrected chi connectivity index (χ2v) is 5.44. The van der Waals surface area contributed by atoms with Crippen LogP contribution >= 0.6 is 0 Å². The van der Waals surface area contributed by atoms with E-state index in [1.807, 2.05) is 0 Å². The highest BCUT2D eigenvalue weighted by molar-refractivity contribution is 5.94. The molecule has 1 saturated carbocycles. The largest absolute Gasteiger partial charge is 0.497 e. The molecule has 22 heavy (non-hydrogen) atoms. The Morgan fingerprint density at radius 1 is 1.23 bits per heavy atom. The molecule has 6 heteroatoms. The number of nitrogens with one attached hydrogen (secondary N) is 3. The zero-order valence-corrected chi connectivity index (χ0v) is 12.9. The highest BCUT2D eigenvalue weighted by Crippen LogP contribution is 2.17. The Bertz CT molecular complexity index is 513. The molecule has 6 nitrogen and oxygen atoms in total. The average Bonchev–Trinajstić information content (AvgIpc) is 2.54. The molecule has 0 spiro atoms. The number of carbonyl (C=O) groups is 2. The fourth-order valence-electron chi connectivity index (χ4n) is 2.55. The lowest BCUT2D eigenvalue weighted by atomic mass is 9.96. The van der Waals surface area contributed by atoms with Gasteiger partial charge in [0.05, 0.1) is 13.7 Å². The van der Waals surface area contributed by atoms with Gasteiger partial charge in [0.15, 0.2) is 0 Å². The third-order valence-corrected chi connectivity index (χ3v) is 3.70. The van der Waals surface area contributed by atoms with Crippen LogP contribution in [0.4, 0.5) is 10.5 Å². The molecular formula is C16H23N3O3. The van der Waals surface area contributed by atoms with Gasteiger partial charge in [0.25, 0.3) is 0 Å². The van der Waals surface area contributed by atoms with Crippen molar-refractivity contribution < 1.29 is 14.3 Å². The first-order valence-electron chi connectivity index (χ1n) is 7.65. The predicted molar refractivity (Wildman–Crippen MR) is 85.0 cm³/mol. The van der Waals surface area contributed by atoms with Crippen LogP contribution in [0.1, 0.15) is 32.1 Å². The first-order chi connectivity index (χ1) is 10.7. The van der Waals surface area contributed by atoms with Crippen molar-refractivity contribution in [1.82, 2.24) is 10.6 Å². The van der Waals surface area contributed by atoms with Crippen LogP contribution in [0, 0.1) is 0 Å². The van der Waals surface area contributed by atoms with Crippen molar-refractivity contribution in [3.8, 4) is 5.75 Å². The number of hydrogen-bond donors (Lipinski definition) is 3. The summed E-state index contributed by atoms with van der Waals surface area (Å²) in [5, 5.41) is 8.21. The molecule has 0 bridgehead atoms. The van der Waals surface area contributed by atoms with Gasteiger partial charge in [-0.05, 0) is 25.0 Å². The summed E-state index contributed by atoms with van der Waals surface area (Å²) in [5.41, 5.74) is 0.638. The number of methoxy groups -OCH3 is 1. The van der Waals surface area contributed by atoms with Crippen LogP contribution in [0.3, 0.4) is 0 Å². The topological polar surface area (TPSA) is 79.5 Å². The van der Waals surface area contributed by atoms with E-state index in [-0.39, 0.29) is 24.5 Å². The molecule has 0 saturated heterocycles. The minimum atomic E-state index is -0.285. The van der Waals surface area contributed by atoms with Gasteiger partial charge >= 0.3 is 6.03 Å². The van der Waals surface area contributed by atoms with Crippen molar-refractivity contribution in [3.63, 3.8) is 0 Å². The summed E-state index contributed by atoms with van der Waals surface area (Å²) < 4.78 is 5.09. The smallest absolute Gasteiger partial charge is 0.315 e. The Kier molecular flexibility index (Phi) is 6.06. The van der Waals surface area contributed by atoms with Crippen molar-refractivity contribution in [2.24, 2.45) is 0 Å². The first-order valence-corrected chi connectivity index (χ1v) is 7.65. The number of carbonyl (C=O) groups excluding carboxylic acids is 2. The maximum absolute atomic E-state index is 11.8. The van der Waals surface area contributed by atoms with E-state index >= 15 is 0 Å². The quantitative estimate of drug-likeness (QED) is 0.780. The minimum absolute atomic E-state index is 0.0598. The molecule has 0 heterocycles. The Labute approximate surface area is 130 Å². The molecule has 3 N–H and O–H groups in total. The van der Waals surface area contributed by atoms with Crippen LogP contribution in [0.5, 0.6) is 5.75 Å². The van der Waals surface area contributed by atoms with Crippen LogP contribution < -0.4 is 20.7 Å². The van der Waals surface area contributed by atoms with Crippen LogP contribution in [-0.2, 0) is 4.79 Å². The molecular weight excluding hydrogens is 282 g/mol. The Morgan fingerprint density at radius 3 is 2.73 bits per heavy atom. The molecule has 0 atom stereocenters. The van der Waals surface area contributed by atoms with Gasteiger partial charge in [-0.3, -0.25) is 4.79 Å². The number of anilines is 1. The van der Waals surface area contributed by atoms with Gasteiger partial charge < -0.3 is 20.7 Å². The van der Waals surface area contributed by atoms with Crippen molar-refractivity contribution >= 4 is 17.6 Å². The lowest BCUT2D eigenvalue weighted by Gasteiger charge is -2.22. The molecule has 0 radical (unpaired) electrons. The molecule has 120 valence electrons. The number of ether oxygens (including phenoxy) is 1. The van der Waals surface area contributed by atoms with Gasteiger partial charge in [-0.15, -0.1) is 0 Å². The molecule has 1 aliphatic carbocycles. The van der Waals surface area contributed by atoms with E-state index in [4.69, 9.17) is 4.74 Å². The monoisotopic (exact) mass is 305 g/mol.